The number of carboxylic acid groups (broad SMARTS) is 6. The Balaban J connectivity index is 2.02. The molecule has 0 aliphatic heterocycles. The van der Waals surface area contributed by atoms with E-state index >= 15 is 0 Å². The molecule has 0 saturated carbocycles. The molecule has 0 aliphatic rings. The summed E-state index contributed by atoms with van der Waals surface area (Å²) in [7, 11) is 0. The summed E-state index contributed by atoms with van der Waals surface area (Å²) in [6.45, 7) is 0. The number of hydrogen-bond donors (Lipinski definition) is 6. The first-order valence-electron chi connectivity index (χ1n) is 11.6. The lowest BCUT2D eigenvalue weighted by atomic mass is 9.94. The molecule has 42 heavy (non-hydrogen) atoms. The minimum absolute atomic E-state index is 0.0558. The maximum atomic E-state index is 11.8. The van der Waals surface area contributed by atoms with Gasteiger partial charge >= 0.3 is 35.8 Å². The molecule has 0 bridgehead atoms. The first-order chi connectivity index (χ1) is 19.8. The summed E-state index contributed by atoms with van der Waals surface area (Å²) >= 11 is 0. The van der Waals surface area contributed by atoms with Crippen LogP contribution >= 0.6 is 0 Å². The van der Waals surface area contributed by atoms with Gasteiger partial charge in [0.15, 0.2) is 0 Å². The maximum absolute atomic E-state index is 11.8. The highest BCUT2D eigenvalue weighted by molar-refractivity contribution is 6.04. The molecule has 3 aromatic carbocycles. The zero-order valence-corrected chi connectivity index (χ0v) is 20.9. The molecule has 1 heterocycles. The van der Waals surface area contributed by atoms with E-state index in [1.165, 1.54) is 30.3 Å². The Morgan fingerprint density at radius 1 is 0.357 bits per heavy atom. The summed E-state index contributed by atoms with van der Waals surface area (Å²) < 4.78 is 0. The van der Waals surface area contributed by atoms with E-state index in [-0.39, 0.29) is 33.6 Å². The largest absolute Gasteiger partial charge is 0.478 e. The Labute approximate surface area is 234 Å². The molecule has 0 aliphatic carbocycles. The van der Waals surface area contributed by atoms with Crippen molar-refractivity contribution in [2.75, 3.05) is 0 Å². The summed E-state index contributed by atoms with van der Waals surface area (Å²) in [5.41, 5.74) is -2.29. The molecule has 210 valence electrons. The van der Waals surface area contributed by atoms with Crippen LogP contribution in [0.15, 0.2) is 66.7 Å². The van der Waals surface area contributed by atoms with Gasteiger partial charge in [0, 0.05) is 11.1 Å². The molecule has 13 heteroatoms. The van der Waals surface area contributed by atoms with Crippen LogP contribution in [0.25, 0.3) is 33.6 Å². The highest BCUT2D eigenvalue weighted by Gasteiger charge is 2.22. The second-order valence-electron chi connectivity index (χ2n) is 8.74. The molecule has 0 fully saturated rings. The summed E-state index contributed by atoms with van der Waals surface area (Å²) in [5, 5.41) is 56.8. The van der Waals surface area contributed by atoms with Crippen LogP contribution in [0.3, 0.4) is 0 Å². The van der Waals surface area contributed by atoms with Gasteiger partial charge in [0.05, 0.1) is 44.8 Å². The number of nitrogens with zero attached hydrogens (tertiary/aromatic N) is 1. The highest BCUT2D eigenvalue weighted by Crippen LogP contribution is 2.33. The number of hydrogen-bond acceptors (Lipinski definition) is 7. The molecular formula is C29H17NO12. The van der Waals surface area contributed by atoms with Crippen molar-refractivity contribution < 1.29 is 59.4 Å². The van der Waals surface area contributed by atoms with Gasteiger partial charge in [-0.2, -0.15) is 0 Å². The number of carbonyl (C=O) groups is 6. The molecule has 1 aromatic heterocycles. The van der Waals surface area contributed by atoms with Gasteiger partial charge in [0.25, 0.3) is 0 Å². The number of aromatic carboxylic acids is 6. The lowest BCUT2D eigenvalue weighted by Gasteiger charge is -2.13. The fourth-order valence-corrected chi connectivity index (χ4v) is 4.21. The lowest BCUT2D eigenvalue weighted by molar-refractivity contribution is 0.0651. The van der Waals surface area contributed by atoms with Crippen LogP contribution in [0.2, 0.25) is 0 Å². The van der Waals surface area contributed by atoms with Gasteiger partial charge in [-0.15, -0.1) is 0 Å². The van der Waals surface area contributed by atoms with Crippen molar-refractivity contribution in [2.24, 2.45) is 0 Å². The Morgan fingerprint density at radius 3 is 0.952 bits per heavy atom. The van der Waals surface area contributed by atoms with Crippen molar-refractivity contribution in [3.8, 4) is 33.6 Å². The Kier molecular flexibility index (Phi) is 7.51. The van der Waals surface area contributed by atoms with Crippen LogP contribution in [0.4, 0.5) is 0 Å². The van der Waals surface area contributed by atoms with Crippen molar-refractivity contribution in [3.05, 3.63) is 100 Å². The third-order valence-electron chi connectivity index (χ3n) is 6.19. The summed E-state index contributed by atoms with van der Waals surface area (Å²) in [6, 6.07) is 13.2. The topological polar surface area (TPSA) is 237 Å². The molecule has 0 saturated heterocycles. The predicted octanol–water partition coefficient (Wildman–Crippen LogP) is 4.27. The van der Waals surface area contributed by atoms with Gasteiger partial charge in [-0.1, -0.05) is 18.2 Å². The number of carboxylic acids is 6. The number of rotatable bonds is 9. The zero-order chi connectivity index (χ0) is 30.9. The van der Waals surface area contributed by atoms with Crippen molar-refractivity contribution >= 4 is 35.8 Å². The molecule has 0 spiro atoms. The quantitative estimate of drug-likeness (QED) is 0.165. The van der Waals surface area contributed by atoms with Gasteiger partial charge < -0.3 is 30.6 Å². The van der Waals surface area contributed by atoms with Gasteiger partial charge in [-0.05, 0) is 59.7 Å². The second kappa shape index (κ2) is 11.0. The van der Waals surface area contributed by atoms with Gasteiger partial charge in [-0.25, -0.2) is 33.8 Å². The van der Waals surface area contributed by atoms with Gasteiger partial charge in [-0.3, -0.25) is 0 Å². The second-order valence-corrected chi connectivity index (χ2v) is 8.74. The minimum atomic E-state index is -1.53. The SMILES string of the molecule is O=C(O)c1ccc(-c2cc(-c3ccc(C(=O)O)c(C(=O)O)c3)nc(-c3ccc(C(=O)O)c(C(=O)O)c3)c2)cc1C(=O)O. The molecule has 4 rings (SSSR count). The first-order valence-corrected chi connectivity index (χ1v) is 11.6. The van der Waals surface area contributed by atoms with Crippen LogP contribution in [-0.4, -0.2) is 71.4 Å². The molecule has 0 radical (unpaired) electrons. The predicted molar refractivity (Wildman–Crippen MR) is 142 cm³/mol. The molecular weight excluding hydrogens is 554 g/mol. The molecule has 0 unspecified atom stereocenters. The van der Waals surface area contributed by atoms with Crippen LogP contribution in [0.5, 0.6) is 0 Å². The monoisotopic (exact) mass is 571 g/mol. The number of pyridine rings is 1. The minimum Gasteiger partial charge on any atom is -0.478 e. The maximum Gasteiger partial charge on any atom is 0.336 e. The van der Waals surface area contributed by atoms with Crippen molar-refractivity contribution in [3.63, 3.8) is 0 Å². The first kappa shape index (κ1) is 28.6. The van der Waals surface area contributed by atoms with E-state index in [1.54, 1.807) is 0 Å². The van der Waals surface area contributed by atoms with E-state index < -0.39 is 69.2 Å². The summed E-state index contributed by atoms with van der Waals surface area (Å²) in [5.74, 6) is -9.03. The summed E-state index contributed by atoms with van der Waals surface area (Å²) in [6.07, 6.45) is 0. The molecule has 4 aromatic rings. The average Bonchev–Trinajstić information content (AvgIpc) is 2.95. The van der Waals surface area contributed by atoms with Crippen LogP contribution in [0.1, 0.15) is 62.1 Å². The Bertz CT molecular complexity index is 1630. The normalized spacial score (nSPS) is 10.6. The Hall–Kier alpha value is -6.37. The average molecular weight is 571 g/mol. The van der Waals surface area contributed by atoms with Crippen LogP contribution < -0.4 is 0 Å². The molecule has 0 atom stereocenters. The number of benzene rings is 3. The smallest absolute Gasteiger partial charge is 0.336 e. The highest BCUT2D eigenvalue weighted by atomic mass is 16.4. The van der Waals surface area contributed by atoms with Crippen LogP contribution in [0, 0.1) is 0 Å². The lowest BCUT2D eigenvalue weighted by Crippen LogP contribution is -2.09. The Morgan fingerprint density at radius 2 is 0.643 bits per heavy atom. The van der Waals surface area contributed by atoms with Gasteiger partial charge in [0.2, 0.25) is 0 Å². The van der Waals surface area contributed by atoms with Gasteiger partial charge in [0.1, 0.15) is 0 Å². The molecule has 6 N–H and O–H groups in total. The van der Waals surface area contributed by atoms with E-state index in [0.29, 0.717) is 0 Å². The van der Waals surface area contributed by atoms with E-state index in [2.05, 4.69) is 4.98 Å². The van der Waals surface area contributed by atoms with Crippen molar-refractivity contribution in [1.82, 2.24) is 4.98 Å². The fourth-order valence-electron chi connectivity index (χ4n) is 4.21. The summed E-state index contributed by atoms with van der Waals surface area (Å²) in [4.78, 5) is 74.3. The van der Waals surface area contributed by atoms with Crippen molar-refractivity contribution in [1.29, 1.82) is 0 Å². The van der Waals surface area contributed by atoms with E-state index in [4.69, 9.17) is 0 Å². The zero-order valence-electron chi connectivity index (χ0n) is 20.9. The molecule has 0 amide bonds. The van der Waals surface area contributed by atoms with E-state index in [1.807, 2.05) is 0 Å². The molecule has 13 nitrogen and oxygen atoms in total. The third-order valence-corrected chi connectivity index (χ3v) is 6.19. The standard InChI is InChI=1S/C29H17NO12/c31-24(32)16-4-1-12(7-19(16)27(37)38)15-10-22(13-2-5-17(25(33)34)20(8-13)28(39)40)30-23(11-15)14-3-6-18(26(35)36)21(9-14)29(41)42/h1-11H,(H,31,32)(H,33,34)(H,35,36)(H,37,38)(H,39,40)(H,41,42). The van der Waals surface area contributed by atoms with E-state index in [0.717, 1.165) is 36.4 Å². The fraction of sp³-hybridized carbons (Fsp3) is 0. The third kappa shape index (κ3) is 5.51. The number of aromatic nitrogens is 1. The van der Waals surface area contributed by atoms with Crippen molar-refractivity contribution in [2.45, 2.75) is 0 Å². The van der Waals surface area contributed by atoms with Crippen LogP contribution in [-0.2, 0) is 0 Å². The van der Waals surface area contributed by atoms with E-state index in [9.17, 15) is 59.4 Å².